The van der Waals surface area contributed by atoms with Gasteiger partial charge >= 0.3 is 0 Å². The van der Waals surface area contributed by atoms with Crippen LogP contribution in [0, 0.1) is 23.3 Å². The van der Waals surface area contributed by atoms with Crippen molar-refractivity contribution in [1.82, 2.24) is 0 Å². The van der Waals surface area contributed by atoms with Gasteiger partial charge in [-0.25, -0.2) is 27.4 Å². The lowest BCUT2D eigenvalue weighted by molar-refractivity contribution is 0.0863. The first-order valence-electron chi connectivity index (χ1n) is 10.7. The Labute approximate surface area is 219 Å². The molecule has 0 aliphatic carbocycles. The Morgan fingerprint density at radius 1 is 0.474 bits per heavy atom. The predicted molar refractivity (Wildman–Crippen MR) is 129 cm³/mol. The zero-order valence-corrected chi connectivity index (χ0v) is 19.9. The van der Waals surface area contributed by atoms with Gasteiger partial charge in [-0.05, 0) is 24.3 Å². The minimum absolute atomic E-state index is 0.175. The molecule has 2 heterocycles. The molecular weight excluding hydrogens is 551 g/mol. The van der Waals surface area contributed by atoms with E-state index in [9.17, 15) is 19.2 Å². The van der Waals surface area contributed by atoms with Gasteiger partial charge in [-0.2, -0.15) is 0 Å². The summed E-state index contributed by atoms with van der Waals surface area (Å²) in [6.45, 7) is 0. The zero-order chi connectivity index (χ0) is 27.2. The summed E-state index contributed by atoms with van der Waals surface area (Å²) in [6.07, 6.45) is 0. The quantitative estimate of drug-likeness (QED) is 0.213. The van der Waals surface area contributed by atoms with Crippen molar-refractivity contribution >= 4 is 69.0 Å². The Kier molecular flexibility index (Phi) is 5.14. The molecule has 0 atom stereocenters. The molecule has 6 nitrogen and oxygen atoms in total. The third-order valence-corrected chi connectivity index (χ3v) is 7.01. The van der Waals surface area contributed by atoms with Crippen molar-refractivity contribution in [2.75, 3.05) is 9.80 Å². The van der Waals surface area contributed by atoms with E-state index in [1.165, 1.54) is 48.5 Å². The van der Waals surface area contributed by atoms with Gasteiger partial charge in [0.2, 0.25) is 0 Å². The monoisotopic (exact) mass is 558 g/mol. The van der Waals surface area contributed by atoms with Gasteiger partial charge in [0.05, 0.1) is 43.7 Å². The van der Waals surface area contributed by atoms with Gasteiger partial charge in [0, 0.05) is 10.8 Å². The number of amides is 4. The van der Waals surface area contributed by atoms with Crippen LogP contribution in [0.15, 0.2) is 48.5 Å². The second-order valence-electron chi connectivity index (χ2n) is 8.30. The molecule has 0 radical (unpaired) electrons. The van der Waals surface area contributed by atoms with Crippen molar-refractivity contribution in [1.29, 1.82) is 0 Å². The number of halogens is 6. The van der Waals surface area contributed by atoms with Gasteiger partial charge in [-0.15, -0.1) is 0 Å². The highest BCUT2D eigenvalue weighted by Gasteiger charge is 2.48. The lowest BCUT2D eigenvalue weighted by Gasteiger charge is -2.33. The second kappa shape index (κ2) is 8.11. The van der Waals surface area contributed by atoms with Crippen LogP contribution >= 0.6 is 23.2 Å². The molecule has 0 saturated heterocycles. The zero-order valence-electron chi connectivity index (χ0n) is 18.4. The summed E-state index contributed by atoms with van der Waals surface area (Å²) < 4.78 is 62.3. The highest BCUT2D eigenvalue weighted by molar-refractivity contribution is 6.45. The van der Waals surface area contributed by atoms with Gasteiger partial charge < -0.3 is 0 Å². The van der Waals surface area contributed by atoms with Crippen LogP contribution in [0.4, 0.5) is 28.9 Å². The van der Waals surface area contributed by atoms with Gasteiger partial charge in [-0.3, -0.25) is 19.2 Å². The Morgan fingerprint density at radius 3 is 1.00 bits per heavy atom. The molecule has 188 valence electrons. The minimum atomic E-state index is -1.90. The number of anilines is 2. The summed E-state index contributed by atoms with van der Waals surface area (Å²) in [5.74, 6) is -13.4. The first-order chi connectivity index (χ1) is 18.1. The van der Waals surface area contributed by atoms with E-state index < -0.39 is 79.9 Å². The predicted octanol–water partition coefficient (Wildman–Crippen LogP) is 6.30. The molecule has 0 aromatic heterocycles. The number of imide groups is 2. The molecule has 2 aliphatic rings. The van der Waals surface area contributed by atoms with Crippen molar-refractivity contribution in [3.05, 3.63) is 104 Å². The molecule has 4 amide bonds. The summed E-state index contributed by atoms with van der Waals surface area (Å²) in [6, 6.07) is 10.6. The van der Waals surface area contributed by atoms with Crippen molar-refractivity contribution in [3.63, 3.8) is 0 Å². The number of benzene rings is 4. The number of carbonyl (C=O) groups excluding carboxylic acids is 4. The minimum Gasteiger partial charge on any atom is -0.268 e. The summed E-state index contributed by atoms with van der Waals surface area (Å²) in [5, 5.41) is -2.14. The molecular formula is C26H8Cl2F4N2O4. The SMILES string of the molecule is O=C1c2c(F)c(F)c3c4c(c(F)c(F)c(c24)C(=O)N1c1ccccc1Cl)C(=O)N(c1ccccc1Cl)C3=O. The Morgan fingerprint density at radius 2 is 0.737 bits per heavy atom. The fourth-order valence-electron chi connectivity index (χ4n) is 4.77. The fraction of sp³-hybridized carbons (Fsp3) is 0. The standard InChI is InChI=1S/C26H8Cl2F4N2O4/c27-9-5-1-3-7-11(9)33-23(35)15-13-14-17(21(31)19(15)29)25(37)34(12-8-4-2-6-10(12)28)26(38)18(14)22(32)20(30)16(13)24(33)36/h1-8H. The molecule has 12 heteroatoms. The van der Waals surface area contributed by atoms with E-state index in [2.05, 4.69) is 0 Å². The van der Waals surface area contributed by atoms with Crippen molar-refractivity contribution in [3.8, 4) is 0 Å². The van der Waals surface area contributed by atoms with E-state index >= 15 is 17.6 Å². The number of rotatable bonds is 2. The van der Waals surface area contributed by atoms with E-state index in [0.717, 1.165) is 0 Å². The molecule has 4 aromatic carbocycles. The summed E-state index contributed by atoms with van der Waals surface area (Å²) in [4.78, 5) is 54.1. The van der Waals surface area contributed by atoms with Gasteiger partial charge in [0.25, 0.3) is 23.6 Å². The normalized spacial score (nSPS) is 14.7. The van der Waals surface area contributed by atoms with Crippen LogP contribution in [0.1, 0.15) is 41.4 Å². The number of hydrogen-bond donors (Lipinski definition) is 0. The Balaban J connectivity index is 1.74. The average molecular weight is 559 g/mol. The molecule has 2 aliphatic heterocycles. The Hall–Kier alpha value is -4.28. The Bertz CT molecular complexity index is 1630. The molecule has 6 rings (SSSR count). The molecule has 38 heavy (non-hydrogen) atoms. The van der Waals surface area contributed by atoms with Crippen LogP contribution in [-0.4, -0.2) is 23.6 Å². The first-order valence-corrected chi connectivity index (χ1v) is 11.5. The molecule has 0 spiro atoms. The molecule has 4 aromatic rings. The molecule has 0 N–H and O–H groups in total. The largest absolute Gasteiger partial charge is 0.269 e. The highest BCUT2D eigenvalue weighted by atomic mass is 35.5. The van der Waals surface area contributed by atoms with E-state index in [0.29, 0.717) is 0 Å². The maximum Gasteiger partial charge on any atom is 0.269 e. The smallest absolute Gasteiger partial charge is 0.268 e. The number of para-hydroxylation sites is 2. The fourth-order valence-corrected chi connectivity index (χ4v) is 5.21. The topological polar surface area (TPSA) is 74.8 Å². The van der Waals surface area contributed by atoms with Crippen LogP contribution in [0.2, 0.25) is 10.0 Å². The van der Waals surface area contributed by atoms with E-state index in [1.54, 1.807) is 0 Å². The number of nitrogens with zero attached hydrogens (tertiary/aromatic N) is 2. The van der Waals surface area contributed by atoms with Gasteiger partial charge in [0.15, 0.2) is 23.3 Å². The maximum atomic E-state index is 15.6. The van der Waals surface area contributed by atoms with Gasteiger partial charge in [-0.1, -0.05) is 47.5 Å². The van der Waals surface area contributed by atoms with Crippen LogP contribution in [0.3, 0.4) is 0 Å². The van der Waals surface area contributed by atoms with Crippen molar-refractivity contribution in [2.45, 2.75) is 0 Å². The van der Waals surface area contributed by atoms with Crippen LogP contribution in [0.5, 0.6) is 0 Å². The molecule has 0 fully saturated rings. The third kappa shape index (κ3) is 2.89. The lowest BCUT2D eigenvalue weighted by atomic mass is 9.84. The maximum absolute atomic E-state index is 15.6. The van der Waals surface area contributed by atoms with Crippen molar-refractivity contribution < 1.29 is 36.7 Å². The van der Waals surface area contributed by atoms with Crippen LogP contribution in [0.25, 0.3) is 10.8 Å². The van der Waals surface area contributed by atoms with Crippen LogP contribution < -0.4 is 9.80 Å². The third-order valence-electron chi connectivity index (χ3n) is 6.37. The molecule has 0 unspecified atom stereocenters. The van der Waals surface area contributed by atoms with Gasteiger partial charge in [0.1, 0.15) is 0 Å². The average Bonchev–Trinajstić information content (AvgIpc) is 2.87. The molecule has 0 bridgehead atoms. The highest BCUT2D eigenvalue weighted by Crippen LogP contribution is 2.45. The summed E-state index contributed by atoms with van der Waals surface area (Å²) in [7, 11) is 0. The van der Waals surface area contributed by atoms with E-state index in [-0.39, 0.29) is 31.2 Å². The summed E-state index contributed by atoms with van der Waals surface area (Å²) >= 11 is 12.2. The number of carbonyl (C=O) groups is 4. The van der Waals surface area contributed by atoms with Crippen molar-refractivity contribution in [2.24, 2.45) is 0 Å². The molecule has 0 saturated carbocycles. The van der Waals surface area contributed by atoms with E-state index in [4.69, 9.17) is 23.2 Å². The lowest BCUT2D eigenvalue weighted by Crippen LogP contribution is -2.46. The number of hydrogen-bond acceptors (Lipinski definition) is 4. The second-order valence-corrected chi connectivity index (χ2v) is 9.11. The van der Waals surface area contributed by atoms with Crippen LogP contribution in [-0.2, 0) is 0 Å². The summed E-state index contributed by atoms with van der Waals surface area (Å²) in [5.41, 5.74) is -5.27. The first kappa shape index (κ1) is 24.1. The van der Waals surface area contributed by atoms with E-state index in [1.807, 2.05) is 0 Å².